The van der Waals surface area contributed by atoms with Crippen LogP contribution in [0.1, 0.15) is 18.1 Å². The van der Waals surface area contributed by atoms with E-state index in [0.29, 0.717) is 11.1 Å². The van der Waals surface area contributed by atoms with E-state index in [-0.39, 0.29) is 6.54 Å². The van der Waals surface area contributed by atoms with Crippen molar-refractivity contribution in [3.8, 4) is 33.6 Å². The van der Waals surface area contributed by atoms with Crippen LogP contribution in [0.15, 0.2) is 79.1 Å². The summed E-state index contributed by atoms with van der Waals surface area (Å²) in [6.07, 6.45) is 4.82. The van der Waals surface area contributed by atoms with Crippen molar-refractivity contribution in [3.63, 3.8) is 0 Å². The molecule has 3 aromatic carbocycles. The number of benzene rings is 3. The Labute approximate surface area is 237 Å². The average molecular weight is 569 g/mol. The number of pyridine rings is 1. The first-order chi connectivity index (χ1) is 19.8. The second-order valence-corrected chi connectivity index (χ2v) is 11.9. The smallest absolute Gasteiger partial charge is 0.209 e. The van der Waals surface area contributed by atoms with E-state index in [1.165, 1.54) is 12.1 Å². The van der Waals surface area contributed by atoms with Crippen molar-refractivity contribution < 1.29 is 12.8 Å². The Bertz CT molecular complexity index is 2000. The number of aromatic amines is 2. The van der Waals surface area contributed by atoms with Crippen molar-refractivity contribution >= 4 is 31.8 Å². The summed E-state index contributed by atoms with van der Waals surface area (Å²) in [5, 5.41) is 13.0. The molecule has 0 radical (unpaired) electrons. The number of rotatable bonds is 9. The van der Waals surface area contributed by atoms with E-state index >= 15 is 0 Å². The molecule has 3 aromatic heterocycles. The monoisotopic (exact) mass is 568 g/mol. The Morgan fingerprint density at radius 1 is 0.854 bits per heavy atom. The van der Waals surface area contributed by atoms with Gasteiger partial charge in [0.15, 0.2) is 0 Å². The van der Waals surface area contributed by atoms with Crippen molar-refractivity contribution in [2.24, 2.45) is 0 Å². The number of H-pyrrole nitrogens is 2. The maximum atomic E-state index is 14.6. The lowest BCUT2D eigenvalue weighted by Crippen LogP contribution is -2.21. The van der Waals surface area contributed by atoms with Gasteiger partial charge in [0, 0.05) is 47.3 Å². The molecule has 0 saturated carbocycles. The quantitative estimate of drug-likeness (QED) is 0.178. The van der Waals surface area contributed by atoms with Gasteiger partial charge in [-0.1, -0.05) is 25.1 Å². The molecule has 4 N–H and O–H groups in total. The van der Waals surface area contributed by atoms with Gasteiger partial charge in [0.05, 0.1) is 17.5 Å². The predicted molar refractivity (Wildman–Crippen MR) is 161 cm³/mol. The van der Waals surface area contributed by atoms with E-state index < -0.39 is 15.8 Å². The number of nitrogens with zero attached hydrogens (tertiary/aromatic N) is 2. The normalized spacial score (nSPS) is 12.0. The van der Waals surface area contributed by atoms with Crippen LogP contribution in [0.5, 0.6) is 0 Å². The fraction of sp³-hybridized carbons (Fsp3) is 0.161. The molecule has 6 aromatic rings. The number of hydrogen-bond acceptors (Lipinski definition) is 5. The minimum atomic E-state index is -3.41. The highest BCUT2D eigenvalue weighted by Gasteiger charge is 2.15. The van der Waals surface area contributed by atoms with Crippen LogP contribution >= 0.6 is 0 Å². The third-order valence-electron chi connectivity index (χ3n) is 7.00. The van der Waals surface area contributed by atoms with Gasteiger partial charge < -0.3 is 10.3 Å². The third kappa shape index (κ3) is 5.76. The summed E-state index contributed by atoms with van der Waals surface area (Å²) in [5.41, 5.74) is 8.60. The summed E-state index contributed by atoms with van der Waals surface area (Å²) in [6, 6.07) is 20.8. The van der Waals surface area contributed by atoms with Crippen LogP contribution in [0, 0.1) is 5.82 Å². The summed E-state index contributed by atoms with van der Waals surface area (Å²) < 4.78 is 40.1. The molecule has 0 bridgehead atoms. The Balaban J connectivity index is 1.39. The maximum Gasteiger partial charge on any atom is 0.209 e. The summed E-state index contributed by atoms with van der Waals surface area (Å²) in [7, 11) is -3.41. The maximum absolute atomic E-state index is 14.6. The van der Waals surface area contributed by atoms with E-state index in [1.807, 2.05) is 42.7 Å². The molecule has 3 heterocycles. The van der Waals surface area contributed by atoms with Crippen LogP contribution in [-0.2, 0) is 23.1 Å². The van der Waals surface area contributed by atoms with Crippen molar-refractivity contribution in [3.05, 3.63) is 96.1 Å². The lowest BCUT2D eigenvalue weighted by atomic mass is 9.99. The minimum absolute atomic E-state index is 0.00704. The molecule has 0 saturated heterocycles. The van der Waals surface area contributed by atoms with Gasteiger partial charge >= 0.3 is 0 Å². The second-order valence-electron chi connectivity index (χ2n) is 10.1. The first kappa shape index (κ1) is 26.8. The van der Waals surface area contributed by atoms with E-state index in [2.05, 4.69) is 55.3 Å². The molecule has 6 rings (SSSR count). The lowest BCUT2D eigenvalue weighted by Gasteiger charge is -2.08. The van der Waals surface area contributed by atoms with Gasteiger partial charge in [-0.25, -0.2) is 17.5 Å². The summed E-state index contributed by atoms with van der Waals surface area (Å²) in [6.45, 7) is 3.73. The van der Waals surface area contributed by atoms with Crippen LogP contribution in [0.2, 0.25) is 0 Å². The van der Waals surface area contributed by atoms with Gasteiger partial charge in [-0.05, 0) is 82.9 Å². The van der Waals surface area contributed by atoms with Gasteiger partial charge in [0.1, 0.15) is 11.5 Å². The van der Waals surface area contributed by atoms with Crippen LogP contribution in [0.3, 0.4) is 0 Å². The highest BCUT2D eigenvalue weighted by molar-refractivity contribution is 7.88. The molecule has 0 aliphatic carbocycles. The third-order valence-corrected chi connectivity index (χ3v) is 7.67. The van der Waals surface area contributed by atoms with Gasteiger partial charge in [0.2, 0.25) is 10.0 Å². The zero-order chi connectivity index (χ0) is 28.6. The number of aromatic nitrogens is 4. The Hall–Kier alpha value is -4.38. The largest absolute Gasteiger partial charge is 0.353 e. The number of hydrogen-bond donors (Lipinski definition) is 4. The standard InChI is InChI=1S/C31H29FN6O2S/c1-3-33-15-20-10-23(18-34-16-20)21-7-8-29-27(13-21)31(38-37-29)30-14-26-25(5-4-6-28(26)36-30)22-9-19(11-24(32)12-22)17-35-41(2,39)40/h4-14,16,18,33,35-36H,3,15,17H2,1-2H3,(H,37,38). The molecule has 10 heteroatoms. The topological polar surface area (TPSA) is 116 Å². The van der Waals surface area contributed by atoms with Gasteiger partial charge in [0.25, 0.3) is 0 Å². The zero-order valence-corrected chi connectivity index (χ0v) is 23.4. The minimum Gasteiger partial charge on any atom is -0.353 e. The van der Waals surface area contributed by atoms with E-state index in [1.54, 1.807) is 6.07 Å². The molecule has 208 valence electrons. The van der Waals surface area contributed by atoms with E-state index in [0.717, 1.165) is 74.8 Å². The van der Waals surface area contributed by atoms with Crippen LogP contribution in [0.25, 0.3) is 55.4 Å². The molecule has 0 spiro atoms. The fourth-order valence-electron chi connectivity index (χ4n) is 5.07. The van der Waals surface area contributed by atoms with E-state index in [9.17, 15) is 12.8 Å². The highest BCUT2D eigenvalue weighted by Crippen LogP contribution is 2.36. The molecule has 0 aliphatic heterocycles. The van der Waals surface area contributed by atoms with Crippen LogP contribution < -0.4 is 10.0 Å². The Morgan fingerprint density at radius 3 is 2.54 bits per heavy atom. The number of nitrogens with one attached hydrogen (secondary N) is 4. The summed E-state index contributed by atoms with van der Waals surface area (Å²) in [4.78, 5) is 7.91. The van der Waals surface area contributed by atoms with Crippen LogP contribution in [-0.4, -0.2) is 41.4 Å². The first-order valence-corrected chi connectivity index (χ1v) is 15.2. The molecule has 41 heavy (non-hydrogen) atoms. The van der Waals surface area contributed by atoms with Gasteiger partial charge in [-0.15, -0.1) is 0 Å². The molecular formula is C31H29FN6O2S. The summed E-state index contributed by atoms with van der Waals surface area (Å²) >= 11 is 0. The molecule has 0 aliphatic rings. The van der Waals surface area contributed by atoms with Crippen molar-refractivity contribution in [1.82, 2.24) is 30.2 Å². The average Bonchev–Trinajstić information content (AvgIpc) is 3.58. The highest BCUT2D eigenvalue weighted by atomic mass is 32.2. The molecule has 0 fully saturated rings. The first-order valence-electron chi connectivity index (χ1n) is 13.3. The fourth-order valence-corrected chi connectivity index (χ4v) is 5.50. The van der Waals surface area contributed by atoms with Crippen molar-refractivity contribution in [2.45, 2.75) is 20.0 Å². The second kappa shape index (κ2) is 10.9. The van der Waals surface area contributed by atoms with Gasteiger partial charge in [-0.3, -0.25) is 10.1 Å². The zero-order valence-electron chi connectivity index (χ0n) is 22.6. The SMILES string of the molecule is CCNCc1cncc(-c2ccc3[nH]nc(-c4cc5c(-c6cc(F)cc(CNS(C)(=O)=O)c6)cccc5[nH]4)c3c2)c1. The van der Waals surface area contributed by atoms with Crippen molar-refractivity contribution in [1.29, 1.82) is 0 Å². The number of fused-ring (bicyclic) bond motifs is 2. The predicted octanol–water partition coefficient (Wildman–Crippen LogP) is 5.74. The summed E-state index contributed by atoms with van der Waals surface area (Å²) in [5.74, 6) is -0.435. The van der Waals surface area contributed by atoms with Crippen LogP contribution in [0.4, 0.5) is 4.39 Å². The van der Waals surface area contributed by atoms with E-state index in [4.69, 9.17) is 0 Å². The lowest BCUT2D eigenvalue weighted by molar-refractivity contribution is 0.586. The molecule has 0 atom stereocenters. The number of halogens is 1. The van der Waals surface area contributed by atoms with Gasteiger partial charge in [-0.2, -0.15) is 5.10 Å². The Kier molecular flexibility index (Phi) is 7.12. The molecule has 0 unspecified atom stereocenters. The Morgan fingerprint density at radius 2 is 1.71 bits per heavy atom. The molecule has 8 nitrogen and oxygen atoms in total. The molecular weight excluding hydrogens is 539 g/mol. The molecule has 0 amide bonds. The van der Waals surface area contributed by atoms with Crippen molar-refractivity contribution in [2.75, 3.05) is 12.8 Å². The number of sulfonamides is 1.